The summed E-state index contributed by atoms with van der Waals surface area (Å²) < 4.78 is 0. The van der Waals surface area contributed by atoms with Crippen LogP contribution >= 0.6 is 0 Å². The van der Waals surface area contributed by atoms with Crippen LogP contribution in [0.2, 0.25) is 0 Å². The average molecular weight is 240 g/mol. The molecule has 1 atom stereocenters. The third-order valence-corrected chi connectivity index (χ3v) is 2.24. The third kappa shape index (κ3) is 5.91. The fourth-order valence-electron chi connectivity index (χ4n) is 1.46. The number of H-pyrrole nitrogens is 1. The Kier molecular flexibility index (Phi) is 5.48. The smallest absolute Gasteiger partial charge is 0.315 e. The zero-order valence-corrected chi connectivity index (χ0v) is 10.2. The molecule has 0 aliphatic carbocycles. The van der Waals surface area contributed by atoms with Crippen molar-refractivity contribution < 1.29 is 9.90 Å². The van der Waals surface area contributed by atoms with Crippen LogP contribution in [0.15, 0.2) is 12.3 Å². The van der Waals surface area contributed by atoms with Gasteiger partial charge in [-0.05, 0) is 18.4 Å². The molecule has 6 heteroatoms. The quantitative estimate of drug-likeness (QED) is 0.587. The first-order valence-corrected chi connectivity index (χ1v) is 5.76. The van der Waals surface area contributed by atoms with E-state index in [1.807, 2.05) is 13.8 Å². The molecule has 0 saturated carbocycles. The first kappa shape index (κ1) is 13.5. The Morgan fingerprint density at radius 3 is 2.88 bits per heavy atom. The summed E-state index contributed by atoms with van der Waals surface area (Å²) in [6, 6.07) is 1.50. The van der Waals surface area contributed by atoms with E-state index in [2.05, 4.69) is 20.8 Å². The molecule has 1 aromatic rings. The minimum absolute atomic E-state index is 0.271. The number of aliphatic hydroxyl groups is 1. The fraction of sp³-hybridized carbons (Fsp3) is 0.636. The van der Waals surface area contributed by atoms with Crippen molar-refractivity contribution in [1.29, 1.82) is 0 Å². The van der Waals surface area contributed by atoms with Gasteiger partial charge in [0.15, 0.2) is 0 Å². The van der Waals surface area contributed by atoms with E-state index in [1.54, 1.807) is 12.3 Å². The van der Waals surface area contributed by atoms with Crippen molar-refractivity contribution in [2.45, 2.75) is 32.9 Å². The lowest BCUT2D eigenvalue weighted by Crippen LogP contribution is -2.39. The first-order valence-electron chi connectivity index (χ1n) is 5.76. The van der Waals surface area contributed by atoms with E-state index in [9.17, 15) is 9.90 Å². The second-order valence-electron chi connectivity index (χ2n) is 4.43. The van der Waals surface area contributed by atoms with Crippen LogP contribution in [0, 0.1) is 5.92 Å². The number of amides is 2. The number of carbonyl (C=O) groups is 1. The van der Waals surface area contributed by atoms with Crippen molar-refractivity contribution in [1.82, 2.24) is 20.8 Å². The highest BCUT2D eigenvalue weighted by Crippen LogP contribution is 2.02. The van der Waals surface area contributed by atoms with Crippen LogP contribution in [0.5, 0.6) is 0 Å². The van der Waals surface area contributed by atoms with Gasteiger partial charge >= 0.3 is 6.03 Å². The number of urea groups is 1. The fourth-order valence-corrected chi connectivity index (χ4v) is 1.46. The van der Waals surface area contributed by atoms with E-state index >= 15 is 0 Å². The summed E-state index contributed by atoms with van der Waals surface area (Å²) in [6.07, 6.45) is 1.81. The highest BCUT2D eigenvalue weighted by atomic mass is 16.3. The van der Waals surface area contributed by atoms with Crippen molar-refractivity contribution in [2.75, 3.05) is 6.54 Å². The van der Waals surface area contributed by atoms with Crippen LogP contribution in [0.4, 0.5) is 4.79 Å². The summed E-state index contributed by atoms with van der Waals surface area (Å²) in [6.45, 7) is 4.72. The molecule has 4 N–H and O–H groups in total. The second-order valence-corrected chi connectivity index (χ2v) is 4.43. The highest BCUT2D eigenvalue weighted by molar-refractivity contribution is 5.73. The summed E-state index contributed by atoms with van der Waals surface area (Å²) in [4.78, 5) is 11.4. The Hall–Kier alpha value is -1.56. The number of aromatic nitrogens is 2. The largest absolute Gasteiger partial charge is 0.391 e. The van der Waals surface area contributed by atoms with E-state index in [0.717, 1.165) is 5.69 Å². The van der Waals surface area contributed by atoms with Crippen molar-refractivity contribution in [3.05, 3.63) is 18.0 Å². The van der Waals surface area contributed by atoms with Gasteiger partial charge in [-0.1, -0.05) is 13.8 Å². The minimum atomic E-state index is -0.493. The predicted molar refractivity (Wildman–Crippen MR) is 64.3 cm³/mol. The molecular formula is C11H20N4O2. The lowest BCUT2D eigenvalue weighted by molar-refractivity contribution is 0.147. The molecule has 2 amide bonds. The van der Waals surface area contributed by atoms with Crippen molar-refractivity contribution in [2.24, 2.45) is 5.92 Å². The Labute approximate surface area is 101 Å². The zero-order chi connectivity index (χ0) is 12.7. The van der Waals surface area contributed by atoms with E-state index in [4.69, 9.17) is 0 Å². The number of hydrogen-bond acceptors (Lipinski definition) is 3. The molecule has 1 unspecified atom stereocenters. The van der Waals surface area contributed by atoms with Crippen LogP contribution in [0.1, 0.15) is 26.0 Å². The minimum Gasteiger partial charge on any atom is -0.391 e. The number of rotatable bonds is 6. The monoisotopic (exact) mass is 240 g/mol. The van der Waals surface area contributed by atoms with E-state index in [0.29, 0.717) is 18.9 Å². The predicted octanol–water partition coefficient (Wildman–Crippen LogP) is 0.616. The van der Waals surface area contributed by atoms with Gasteiger partial charge in [0.2, 0.25) is 0 Å². The van der Waals surface area contributed by atoms with E-state index in [-0.39, 0.29) is 12.6 Å². The van der Waals surface area contributed by atoms with Gasteiger partial charge in [0.25, 0.3) is 0 Å². The number of nitrogens with one attached hydrogen (secondary N) is 3. The van der Waals surface area contributed by atoms with Gasteiger partial charge in [-0.15, -0.1) is 0 Å². The molecule has 0 spiro atoms. The van der Waals surface area contributed by atoms with E-state index < -0.39 is 6.10 Å². The number of hydrogen-bond donors (Lipinski definition) is 4. The first-order chi connectivity index (χ1) is 8.08. The zero-order valence-electron chi connectivity index (χ0n) is 10.2. The van der Waals surface area contributed by atoms with Crippen molar-refractivity contribution in [3.63, 3.8) is 0 Å². The maximum atomic E-state index is 11.4. The van der Waals surface area contributed by atoms with Gasteiger partial charge < -0.3 is 15.7 Å². The molecule has 1 rings (SSSR count). The molecule has 0 aliphatic rings. The van der Waals surface area contributed by atoms with Crippen molar-refractivity contribution >= 4 is 6.03 Å². The van der Waals surface area contributed by atoms with Crippen molar-refractivity contribution in [3.8, 4) is 0 Å². The topological polar surface area (TPSA) is 90.0 Å². The molecule has 0 radical (unpaired) electrons. The summed E-state index contributed by atoms with van der Waals surface area (Å²) in [5, 5.41) is 21.4. The molecule has 6 nitrogen and oxygen atoms in total. The lowest BCUT2D eigenvalue weighted by Gasteiger charge is -2.14. The molecule has 0 bridgehead atoms. The molecular weight excluding hydrogens is 220 g/mol. The molecule has 96 valence electrons. The number of aliphatic hydroxyl groups excluding tert-OH is 1. The number of carbonyl (C=O) groups excluding carboxylic acids is 1. The molecule has 1 heterocycles. The SMILES string of the molecule is CC(C)CC(O)CNC(=O)NCc1ccn[nH]1. The summed E-state index contributed by atoms with van der Waals surface area (Å²) in [5.41, 5.74) is 0.836. The summed E-state index contributed by atoms with van der Waals surface area (Å²) >= 11 is 0. The van der Waals surface area contributed by atoms with Gasteiger partial charge in [-0.2, -0.15) is 5.10 Å². The molecule has 0 saturated heterocycles. The third-order valence-electron chi connectivity index (χ3n) is 2.24. The summed E-state index contributed by atoms with van der Waals surface area (Å²) in [5.74, 6) is 0.417. The molecule has 0 aromatic carbocycles. The van der Waals surface area contributed by atoms with Crippen LogP contribution in [-0.4, -0.2) is 34.0 Å². The van der Waals surface area contributed by atoms with Gasteiger partial charge in [0.05, 0.1) is 18.3 Å². The highest BCUT2D eigenvalue weighted by Gasteiger charge is 2.08. The van der Waals surface area contributed by atoms with Gasteiger partial charge in [-0.3, -0.25) is 5.10 Å². The van der Waals surface area contributed by atoms with E-state index in [1.165, 1.54) is 0 Å². The Morgan fingerprint density at radius 1 is 1.53 bits per heavy atom. The average Bonchev–Trinajstić information content (AvgIpc) is 2.75. The summed E-state index contributed by atoms with van der Waals surface area (Å²) in [7, 11) is 0. The van der Waals surface area contributed by atoms with Crippen LogP contribution < -0.4 is 10.6 Å². The van der Waals surface area contributed by atoms with Gasteiger partial charge in [-0.25, -0.2) is 4.79 Å². The second kappa shape index (κ2) is 6.90. The Morgan fingerprint density at radius 2 is 2.29 bits per heavy atom. The Bertz CT molecular complexity index is 324. The van der Waals surface area contributed by atoms with Gasteiger partial charge in [0.1, 0.15) is 0 Å². The Balaban J connectivity index is 2.13. The maximum Gasteiger partial charge on any atom is 0.315 e. The molecule has 0 fully saturated rings. The normalized spacial score (nSPS) is 12.5. The maximum absolute atomic E-state index is 11.4. The number of nitrogens with zero attached hydrogens (tertiary/aromatic N) is 1. The standard InChI is InChI=1S/C11H20N4O2/c1-8(2)5-10(16)7-13-11(17)12-6-9-3-4-14-15-9/h3-4,8,10,16H,5-7H2,1-2H3,(H,14,15)(H2,12,13,17). The lowest BCUT2D eigenvalue weighted by atomic mass is 10.1. The van der Waals surface area contributed by atoms with Crippen LogP contribution in [0.3, 0.4) is 0 Å². The molecule has 1 aromatic heterocycles. The molecule has 0 aliphatic heterocycles. The number of aromatic amines is 1. The molecule has 17 heavy (non-hydrogen) atoms. The van der Waals surface area contributed by atoms with Crippen LogP contribution in [0.25, 0.3) is 0 Å². The van der Waals surface area contributed by atoms with Gasteiger partial charge in [0, 0.05) is 12.7 Å². The van der Waals surface area contributed by atoms with Crippen LogP contribution in [-0.2, 0) is 6.54 Å².